The molecular weight excluding hydrogens is 554 g/mol. The van der Waals surface area contributed by atoms with Crippen LogP contribution in [0.4, 0.5) is 11.4 Å². The fraction of sp³-hybridized carbons (Fsp3) is 0.406. The van der Waals surface area contributed by atoms with Crippen LogP contribution in [0.3, 0.4) is 0 Å². The predicted octanol–water partition coefficient (Wildman–Crippen LogP) is 5.41. The van der Waals surface area contributed by atoms with Crippen LogP contribution in [0.2, 0.25) is 0 Å². The minimum atomic E-state index is -4.16. The van der Waals surface area contributed by atoms with Crippen LogP contribution in [-0.2, 0) is 14.8 Å². The number of sulfonamides is 1. The molecule has 1 amide bonds. The zero-order valence-corrected chi connectivity index (χ0v) is 25.8. The Hall–Kier alpha value is -3.92. The fourth-order valence-electron chi connectivity index (χ4n) is 5.19. The number of hydrogen-bond donors (Lipinski definition) is 1. The summed E-state index contributed by atoms with van der Waals surface area (Å²) in [5.74, 6) is 1.51. The van der Waals surface area contributed by atoms with Gasteiger partial charge in [-0.1, -0.05) is 19.1 Å². The minimum absolute atomic E-state index is 0.0301. The molecule has 226 valence electrons. The van der Waals surface area contributed by atoms with Crippen molar-refractivity contribution in [2.24, 2.45) is 5.92 Å². The van der Waals surface area contributed by atoms with E-state index in [-0.39, 0.29) is 16.7 Å². The summed E-state index contributed by atoms with van der Waals surface area (Å²) >= 11 is 0. The number of ether oxygens (including phenoxy) is 3. The molecule has 3 aromatic rings. The number of carbonyl (C=O) groups is 1. The summed E-state index contributed by atoms with van der Waals surface area (Å²) < 4.78 is 45.1. The van der Waals surface area contributed by atoms with Crippen LogP contribution in [-0.4, -0.2) is 54.8 Å². The van der Waals surface area contributed by atoms with E-state index in [2.05, 4.69) is 29.3 Å². The zero-order chi connectivity index (χ0) is 30.3. The van der Waals surface area contributed by atoms with E-state index >= 15 is 0 Å². The van der Waals surface area contributed by atoms with Gasteiger partial charge in [0.2, 0.25) is 5.91 Å². The van der Waals surface area contributed by atoms with Crippen molar-refractivity contribution in [1.29, 1.82) is 0 Å². The van der Waals surface area contributed by atoms with Gasteiger partial charge in [-0.05, 0) is 86.7 Å². The average molecular weight is 596 g/mol. The van der Waals surface area contributed by atoms with Gasteiger partial charge in [0.05, 0.1) is 37.5 Å². The van der Waals surface area contributed by atoms with Crippen LogP contribution < -0.4 is 28.7 Å². The van der Waals surface area contributed by atoms with Gasteiger partial charge in [0.15, 0.2) is 11.5 Å². The quantitative estimate of drug-likeness (QED) is 0.299. The zero-order valence-electron chi connectivity index (χ0n) is 25.0. The van der Waals surface area contributed by atoms with E-state index in [9.17, 15) is 13.2 Å². The summed E-state index contributed by atoms with van der Waals surface area (Å²) in [4.78, 5) is 15.7. The van der Waals surface area contributed by atoms with Crippen molar-refractivity contribution in [3.8, 4) is 17.2 Å². The Kier molecular flexibility index (Phi) is 10.2. The highest BCUT2D eigenvalue weighted by Gasteiger charge is 2.29. The van der Waals surface area contributed by atoms with E-state index in [1.165, 1.54) is 50.9 Å². The summed E-state index contributed by atoms with van der Waals surface area (Å²) in [6, 6.07) is 18.9. The molecule has 4 rings (SSSR count). The van der Waals surface area contributed by atoms with Crippen LogP contribution >= 0.6 is 0 Å². The summed E-state index contributed by atoms with van der Waals surface area (Å²) in [6.45, 7) is 8.19. The number of hydrogen-bond acceptors (Lipinski definition) is 7. The maximum absolute atomic E-state index is 13.9. The molecule has 0 aromatic heterocycles. The smallest absolute Gasteiger partial charge is 0.264 e. The number of nitrogens with zero attached hydrogens (tertiary/aromatic N) is 2. The molecule has 1 saturated heterocycles. The molecule has 1 aliphatic rings. The summed E-state index contributed by atoms with van der Waals surface area (Å²) in [5.41, 5.74) is 2.44. The van der Waals surface area contributed by atoms with E-state index in [0.717, 1.165) is 23.0 Å². The lowest BCUT2D eigenvalue weighted by Crippen LogP contribution is -2.41. The molecule has 9 nitrogen and oxygen atoms in total. The fourth-order valence-corrected chi connectivity index (χ4v) is 6.63. The lowest BCUT2D eigenvalue weighted by Gasteiger charge is -2.33. The first kappa shape index (κ1) is 31.0. The second kappa shape index (κ2) is 13.8. The van der Waals surface area contributed by atoms with Gasteiger partial charge >= 0.3 is 0 Å². The number of amides is 1. The molecule has 0 bridgehead atoms. The van der Waals surface area contributed by atoms with E-state index < -0.39 is 22.5 Å². The molecule has 1 fully saturated rings. The van der Waals surface area contributed by atoms with Gasteiger partial charge in [0.1, 0.15) is 12.3 Å². The number of carbonyl (C=O) groups excluding carboxylic acids is 1. The Labute approximate surface area is 249 Å². The molecule has 1 N–H and O–H groups in total. The number of piperidine rings is 1. The highest BCUT2D eigenvalue weighted by molar-refractivity contribution is 7.92. The van der Waals surface area contributed by atoms with Gasteiger partial charge in [-0.3, -0.25) is 9.10 Å². The lowest BCUT2D eigenvalue weighted by molar-refractivity contribution is -0.120. The van der Waals surface area contributed by atoms with E-state index in [1.807, 2.05) is 26.0 Å². The molecule has 1 heterocycles. The first-order valence-electron chi connectivity index (χ1n) is 14.3. The van der Waals surface area contributed by atoms with Crippen LogP contribution in [0.25, 0.3) is 0 Å². The van der Waals surface area contributed by atoms with E-state index in [0.29, 0.717) is 29.7 Å². The van der Waals surface area contributed by atoms with Crippen molar-refractivity contribution in [2.75, 3.05) is 49.7 Å². The minimum Gasteiger partial charge on any atom is -0.494 e. The first-order valence-corrected chi connectivity index (χ1v) is 15.7. The highest BCUT2D eigenvalue weighted by Crippen LogP contribution is 2.33. The van der Waals surface area contributed by atoms with Crippen molar-refractivity contribution >= 4 is 27.3 Å². The second-order valence-electron chi connectivity index (χ2n) is 10.5. The molecule has 42 heavy (non-hydrogen) atoms. The van der Waals surface area contributed by atoms with E-state index in [1.54, 1.807) is 24.3 Å². The predicted molar refractivity (Wildman–Crippen MR) is 165 cm³/mol. The van der Waals surface area contributed by atoms with Gasteiger partial charge in [0.25, 0.3) is 10.0 Å². The molecular formula is C32H41N3O6S. The maximum atomic E-state index is 13.9. The molecule has 3 aromatic carbocycles. The number of methoxy groups -OCH3 is 2. The molecule has 2 unspecified atom stereocenters. The monoisotopic (exact) mass is 595 g/mol. The number of nitrogens with one attached hydrogen (secondary N) is 1. The van der Waals surface area contributed by atoms with Crippen molar-refractivity contribution in [3.63, 3.8) is 0 Å². The molecule has 0 aliphatic carbocycles. The standard InChI is InChI=1S/C32H41N3O6S/c1-6-41-28-15-13-27(14-16-28)35(42(37,38)29-17-18-30(39-4)31(20-29)40-5)22-32(36)33-24(3)25-9-11-26(12-10-25)34-19-7-8-23(2)21-34/h9-18,20,23-24H,6-8,19,21-22H2,1-5H3,(H,33,36). The van der Waals surface area contributed by atoms with Gasteiger partial charge in [-0.2, -0.15) is 0 Å². The second-order valence-corrected chi connectivity index (χ2v) is 12.4. The molecule has 0 saturated carbocycles. The van der Waals surface area contributed by atoms with Crippen molar-refractivity contribution in [1.82, 2.24) is 5.32 Å². The van der Waals surface area contributed by atoms with E-state index in [4.69, 9.17) is 14.2 Å². The van der Waals surface area contributed by atoms with Gasteiger partial charge < -0.3 is 24.4 Å². The summed E-state index contributed by atoms with van der Waals surface area (Å²) in [6.07, 6.45) is 2.44. The van der Waals surface area contributed by atoms with Crippen molar-refractivity contribution < 1.29 is 27.4 Å². The molecule has 0 radical (unpaired) electrons. The Morgan fingerprint density at radius 3 is 2.33 bits per heavy atom. The Bertz CT molecular complexity index is 1440. The van der Waals surface area contributed by atoms with Crippen molar-refractivity contribution in [3.05, 3.63) is 72.3 Å². The Morgan fingerprint density at radius 2 is 1.71 bits per heavy atom. The Balaban J connectivity index is 1.55. The van der Waals surface area contributed by atoms with Gasteiger partial charge in [-0.25, -0.2) is 8.42 Å². The largest absolute Gasteiger partial charge is 0.494 e. The number of benzene rings is 3. The molecule has 0 spiro atoms. The molecule has 10 heteroatoms. The lowest BCUT2D eigenvalue weighted by atomic mass is 9.99. The van der Waals surface area contributed by atoms with Crippen LogP contribution in [0.15, 0.2) is 71.6 Å². The third-order valence-electron chi connectivity index (χ3n) is 7.46. The summed E-state index contributed by atoms with van der Waals surface area (Å²) in [5, 5.41) is 2.97. The van der Waals surface area contributed by atoms with Crippen molar-refractivity contribution in [2.45, 2.75) is 44.6 Å². The van der Waals surface area contributed by atoms with Crippen LogP contribution in [0, 0.1) is 5.92 Å². The average Bonchev–Trinajstić information content (AvgIpc) is 3.00. The topological polar surface area (TPSA) is 97.4 Å². The van der Waals surface area contributed by atoms with Gasteiger partial charge in [-0.15, -0.1) is 0 Å². The first-order chi connectivity index (χ1) is 20.2. The third-order valence-corrected chi connectivity index (χ3v) is 9.23. The number of rotatable bonds is 12. The molecule has 2 atom stereocenters. The normalized spacial score (nSPS) is 15.9. The molecule has 1 aliphatic heterocycles. The third kappa shape index (κ3) is 7.28. The SMILES string of the molecule is CCOc1ccc(N(CC(=O)NC(C)c2ccc(N3CCCC(C)C3)cc2)S(=O)(=O)c2ccc(OC)c(OC)c2)cc1. The van der Waals surface area contributed by atoms with Crippen LogP contribution in [0.1, 0.15) is 45.2 Å². The number of anilines is 2. The van der Waals surface area contributed by atoms with Crippen LogP contribution in [0.5, 0.6) is 17.2 Å². The van der Waals surface area contributed by atoms with Gasteiger partial charge in [0, 0.05) is 24.8 Å². The summed E-state index contributed by atoms with van der Waals surface area (Å²) in [7, 11) is -1.25. The highest BCUT2D eigenvalue weighted by atomic mass is 32.2. The maximum Gasteiger partial charge on any atom is 0.264 e. The Morgan fingerprint density at radius 1 is 1.02 bits per heavy atom.